The number of hydrogen-bond acceptors (Lipinski definition) is 5. The molecule has 1 unspecified atom stereocenters. The Morgan fingerprint density at radius 2 is 2.06 bits per heavy atom. The Bertz CT molecular complexity index is 392. The second-order valence-electron chi connectivity index (χ2n) is 5.08. The normalized spacial score (nSPS) is 14.3. The topological polar surface area (TPSA) is 70.8 Å². The van der Waals surface area contributed by atoms with E-state index < -0.39 is 5.60 Å². The van der Waals surface area contributed by atoms with Gasteiger partial charge in [-0.2, -0.15) is 0 Å². The van der Waals surface area contributed by atoms with Crippen molar-refractivity contribution < 1.29 is 9.84 Å². The Morgan fingerprint density at radius 1 is 1.39 bits per heavy atom. The van der Waals surface area contributed by atoms with E-state index in [0.717, 1.165) is 5.69 Å². The molecule has 0 aliphatic rings. The minimum absolute atomic E-state index is 0.442. The maximum absolute atomic E-state index is 10.2. The molecule has 5 nitrogen and oxygen atoms in total. The minimum atomic E-state index is -0.804. The fraction of sp³-hybridized carbons (Fsp3) is 0.538. The fourth-order valence-corrected chi connectivity index (χ4v) is 1.87. The summed E-state index contributed by atoms with van der Waals surface area (Å²) >= 11 is 0. The number of methoxy groups -OCH3 is 1. The van der Waals surface area contributed by atoms with Gasteiger partial charge in [-0.05, 0) is 27.1 Å². The van der Waals surface area contributed by atoms with Gasteiger partial charge in [-0.3, -0.25) is 0 Å². The molecule has 4 N–H and O–H groups in total. The van der Waals surface area contributed by atoms with Crippen LogP contribution in [0.15, 0.2) is 18.2 Å². The van der Waals surface area contributed by atoms with Crippen LogP contribution in [0.5, 0.6) is 5.75 Å². The molecular weight excluding hydrogens is 230 g/mol. The van der Waals surface area contributed by atoms with Crippen LogP contribution in [-0.2, 0) is 0 Å². The van der Waals surface area contributed by atoms with Gasteiger partial charge in [-0.15, -0.1) is 0 Å². The smallest absolute Gasteiger partial charge is 0.122 e. The number of benzene rings is 1. The van der Waals surface area contributed by atoms with Crippen LogP contribution in [0.1, 0.15) is 6.92 Å². The Labute approximate surface area is 109 Å². The summed E-state index contributed by atoms with van der Waals surface area (Å²) < 4.78 is 5.14. The molecule has 0 bridgehead atoms. The number of hydrogen-bond donors (Lipinski definition) is 3. The molecule has 0 aliphatic heterocycles. The van der Waals surface area contributed by atoms with Gasteiger partial charge in [0.25, 0.3) is 0 Å². The van der Waals surface area contributed by atoms with Gasteiger partial charge in [-0.1, -0.05) is 0 Å². The molecular formula is C13H23N3O2. The molecule has 5 heteroatoms. The van der Waals surface area contributed by atoms with E-state index in [1.54, 1.807) is 20.1 Å². The molecule has 0 saturated carbocycles. The number of rotatable bonds is 6. The highest BCUT2D eigenvalue weighted by molar-refractivity contribution is 5.59. The van der Waals surface area contributed by atoms with E-state index >= 15 is 0 Å². The lowest BCUT2D eigenvalue weighted by molar-refractivity contribution is 0.0460. The van der Waals surface area contributed by atoms with Gasteiger partial charge in [0.2, 0.25) is 0 Å². The Morgan fingerprint density at radius 3 is 2.61 bits per heavy atom. The summed E-state index contributed by atoms with van der Waals surface area (Å²) in [5, 5.41) is 13.3. The summed E-state index contributed by atoms with van der Waals surface area (Å²) in [5.74, 6) is 0.699. The predicted molar refractivity (Wildman–Crippen MR) is 75.1 cm³/mol. The van der Waals surface area contributed by atoms with E-state index in [1.165, 1.54) is 0 Å². The summed E-state index contributed by atoms with van der Waals surface area (Å²) in [7, 11) is 5.46. The lowest BCUT2D eigenvalue weighted by Gasteiger charge is -2.27. The Hall–Kier alpha value is -1.46. The van der Waals surface area contributed by atoms with Crippen molar-refractivity contribution in [3.05, 3.63) is 18.2 Å². The van der Waals surface area contributed by atoms with Gasteiger partial charge in [0.05, 0.1) is 12.7 Å². The second kappa shape index (κ2) is 5.93. The van der Waals surface area contributed by atoms with E-state index in [1.807, 2.05) is 31.1 Å². The molecule has 1 aromatic rings. The number of nitrogen functional groups attached to an aromatic ring is 1. The second-order valence-corrected chi connectivity index (χ2v) is 5.08. The molecule has 0 radical (unpaired) electrons. The molecule has 0 fully saturated rings. The zero-order chi connectivity index (χ0) is 13.8. The van der Waals surface area contributed by atoms with Gasteiger partial charge in [0.15, 0.2) is 0 Å². The van der Waals surface area contributed by atoms with Crippen molar-refractivity contribution in [2.75, 3.05) is 45.3 Å². The third kappa shape index (κ3) is 4.81. The van der Waals surface area contributed by atoms with E-state index in [9.17, 15) is 5.11 Å². The number of aliphatic hydroxyl groups is 1. The number of ether oxygens (including phenoxy) is 1. The van der Waals surface area contributed by atoms with Crippen LogP contribution in [0, 0.1) is 0 Å². The standard InChI is InChI=1S/C13H23N3O2/c1-13(17,9-16(2)3)8-15-11-5-10(14)6-12(7-11)18-4/h5-7,15,17H,8-9,14H2,1-4H3. The number of anilines is 2. The van der Waals surface area contributed by atoms with E-state index in [0.29, 0.717) is 24.5 Å². The number of likely N-dealkylation sites (N-methyl/N-ethyl adjacent to an activating group) is 1. The summed E-state index contributed by atoms with van der Waals surface area (Å²) in [6.45, 7) is 2.82. The van der Waals surface area contributed by atoms with Gasteiger partial charge >= 0.3 is 0 Å². The monoisotopic (exact) mass is 253 g/mol. The van der Waals surface area contributed by atoms with Crippen molar-refractivity contribution in [1.82, 2.24) is 4.90 Å². The van der Waals surface area contributed by atoms with Crippen LogP contribution >= 0.6 is 0 Å². The van der Waals surface area contributed by atoms with E-state index in [4.69, 9.17) is 10.5 Å². The fourth-order valence-electron chi connectivity index (χ4n) is 1.87. The SMILES string of the molecule is COc1cc(N)cc(NCC(C)(O)CN(C)C)c1. The quantitative estimate of drug-likeness (QED) is 0.660. The molecule has 0 saturated heterocycles. The molecule has 0 amide bonds. The lowest BCUT2D eigenvalue weighted by Crippen LogP contribution is -2.43. The predicted octanol–water partition coefficient (Wildman–Crippen LogP) is 1.00. The van der Waals surface area contributed by atoms with Gasteiger partial charge in [0.1, 0.15) is 5.75 Å². The third-order valence-corrected chi connectivity index (χ3v) is 2.49. The minimum Gasteiger partial charge on any atom is -0.497 e. The zero-order valence-corrected chi connectivity index (χ0v) is 11.5. The largest absolute Gasteiger partial charge is 0.497 e. The summed E-state index contributed by atoms with van der Waals surface area (Å²) in [6, 6.07) is 5.42. The maximum atomic E-state index is 10.2. The first-order valence-electron chi connectivity index (χ1n) is 5.88. The average Bonchev–Trinajstić information content (AvgIpc) is 2.24. The Balaban J connectivity index is 2.65. The van der Waals surface area contributed by atoms with Crippen molar-refractivity contribution in [3.8, 4) is 5.75 Å². The summed E-state index contributed by atoms with van der Waals surface area (Å²) in [5.41, 5.74) is 6.43. The van der Waals surface area contributed by atoms with Crippen molar-refractivity contribution in [2.24, 2.45) is 0 Å². The molecule has 18 heavy (non-hydrogen) atoms. The van der Waals surface area contributed by atoms with Crippen LogP contribution < -0.4 is 15.8 Å². The highest BCUT2D eigenvalue weighted by Crippen LogP contribution is 2.22. The lowest BCUT2D eigenvalue weighted by atomic mass is 10.1. The molecule has 102 valence electrons. The number of nitrogens with one attached hydrogen (secondary N) is 1. The van der Waals surface area contributed by atoms with E-state index in [2.05, 4.69) is 5.32 Å². The average molecular weight is 253 g/mol. The van der Waals surface area contributed by atoms with Crippen LogP contribution in [0.4, 0.5) is 11.4 Å². The Kier molecular flexibility index (Phi) is 4.81. The van der Waals surface area contributed by atoms with Crippen molar-refractivity contribution in [2.45, 2.75) is 12.5 Å². The first-order chi connectivity index (χ1) is 8.32. The van der Waals surface area contributed by atoms with Crippen LogP contribution in [-0.4, -0.2) is 49.9 Å². The van der Waals surface area contributed by atoms with Crippen LogP contribution in [0.2, 0.25) is 0 Å². The molecule has 0 aromatic heterocycles. The molecule has 0 heterocycles. The molecule has 0 aliphatic carbocycles. The number of nitrogens with two attached hydrogens (primary N) is 1. The number of nitrogens with zero attached hydrogens (tertiary/aromatic N) is 1. The van der Waals surface area contributed by atoms with E-state index in [-0.39, 0.29) is 0 Å². The molecule has 0 spiro atoms. The zero-order valence-electron chi connectivity index (χ0n) is 11.5. The molecule has 1 atom stereocenters. The first kappa shape index (κ1) is 14.6. The van der Waals surface area contributed by atoms with Gasteiger partial charge < -0.3 is 25.8 Å². The maximum Gasteiger partial charge on any atom is 0.122 e. The highest BCUT2D eigenvalue weighted by atomic mass is 16.5. The van der Waals surface area contributed by atoms with Crippen molar-refractivity contribution in [1.29, 1.82) is 0 Å². The van der Waals surface area contributed by atoms with Crippen LogP contribution in [0.3, 0.4) is 0 Å². The summed E-state index contributed by atoms with van der Waals surface area (Å²) in [6.07, 6.45) is 0. The van der Waals surface area contributed by atoms with Gasteiger partial charge in [0, 0.05) is 36.6 Å². The van der Waals surface area contributed by atoms with Crippen molar-refractivity contribution in [3.63, 3.8) is 0 Å². The highest BCUT2D eigenvalue weighted by Gasteiger charge is 2.20. The molecule has 1 aromatic carbocycles. The van der Waals surface area contributed by atoms with Crippen molar-refractivity contribution >= 4 is 11.4 Å². The first-order valence-corrected chi connectivity index (χ1v) is 5.88. The van der Waals surface area contributed by atoms with Crippen LogP contribution in [0.25, 0.3) is 0 Å². The van der Waals surface area contributed by atoms with Gasteiger partial charge in [-0.25, -0.2) is 0 Å². The molecule has 1 rings (SSSR count). The third-order valence-electron chi connectivity index (χ3n) is 2.49. The summed E-state index contributed by atoms with van der Waals surface area (Å²) in [4.78, 5) is 1.95.